The second kappa shape index (κ2) is 7.62. The zero-order chi connectivity index (χ0) is 10.9. The molecule has 2 aliphatic heterocycles. The minimum atomic E-state index is -0.713. The molecule has 88 valence electrons. The molecule has 0 saturated carbocycles. The first kappa shape index (κ1) is 12.4. The maximum Gasteiger partial charge on any atom is 0.320 e. The second-order valence-electron chi connectivity index (χ2n) is 3.84. The van der Waals surface area contributed by atoms with E-state index in [0.29, 0.717) is 0 Å². The van der Waals surface area contributed by atoms with E-state index in [1.165, 1.54) is 0 Å². The number of carboxylic acids is 1. The number of aliphatic carboxylic acids is 1. The van der Waals surface area contributed by atoms with Crippen LogP contribution in [0.25, 0.3) is 0 Å². The molecule has 15 heavy (non-hydrogen) atoms. The van der Waals surface area contributed by atoms with Crippen molar-refractivity contribution >= 4 is 5.97 Å². The van der Waals surface area contributed by atoms with Gasteiger partial charge < -0.3 is 21.1 Å². The molecule has 0 spiro atoms. The Bertz CT molecular complexity index is 166. The summed E-state index contributed by atoms with van der Waals surface area (Å²) in [6.45, 7) is 5.41. The fraction of sp³-hybridized carbons (Fsp3) is 0.900. The summed E-state index contributed by atoms with van der Waals surface area (Å²) in [7, 11) is 0. The summed E-state index contributed by atoms with van der Waals surface area (Å²) in [5.74, 6) is -0.713. The summed E-state index contributed by atoms with van der Waals surface area (Å²) in [6, 6.07) is -0.279. The Labute approximate surface area is 90.6 Å². The van der Waals surface area contributed by atoms with Gasteiger partial charge in [-0.2, -0.15) is 0 Å². The standard InChI is InChI=1S/C6H11NO2.C4H10N2/c8-6(9)5-3-1-2-4-7-5;1-2-6-4-3-5-1/h5,7H,1-4H2,(H,8,9);5-6H,1-4H2. The summed E-state index contributed by atoms with van der Waals surface area (Å²) in [5.41, 5.74) is 0. The molecule has 2 saturated heterocycles. The summed E-state index contributed by atoms with van der Waals surface area (Å²) >= 11 is 0. The number of hydrogen-bond acceptors (Lipinski definition) is 4. The number of carbonyl (C=O) groups is 1. The molecule has 0 bridgehead atoms. The van der Waals surface area contributed by atoms with Gasteiger partial charge in [-0.3, -0.25) is 4.79 Å². The van der Waals surface area contributed by atoms with Gasteiger partial charge in [0.25, 0.3) is 0 Å². The van der Waals surface area contributed by atoms with Crippen molar-refractivity contribution in [3.8, 4) is 0 Å². The van der Waals surface area contributed by atoms with Gasteiger partial charge in [0.2, 0.25) is 0 Å². The highest BCUT2D eigenvalue weighted by Crippen LogP contribution is 2.05. The van der Waals surface area contributed by atoms with E-state index in [2.05, 4.69) is 16.0 Å². The van der Waals surface area contributed by atoms with E-state index >= 15 is 0 Å². The molecule has 2 fully saturated rings. The zero-order valence-electron chi connectivity index (χ0n) is 9.09. The van der Waals surface area contributed by atoms with Crippen molar-refractivity contribution in [3.63, 3.8) is 0 Å². The van der Waals surface area contributed by atoms with E-state index in [-0.39, 0.29) is 6.04 Å². The maximum absolute atomic E-state index is 10.3. The quantitative estimate of drug-likeness (QED) is 0.470. The lowest BCUT2D eigenvalue weighted by Crippen LogP contribution is -2.40. The molecule has 0 radical (unpaired) electrons. The highest BCUT2D eigenvalue weighted by Gasteiger charge is 2.18. The van der Waals surface area contributed by atoms with E-state index in [1.807, 2.05) is 0 Å². The molecule has 1 atom stereocenters. The third-order valence-corrected chi connectivity index (χ3v) is 2.57. The molecule has 0 aliphatic carbocycles. The van der Waals surface area contributed by atoms with Gasteiger partial charge in [-0.1, -0.05) is 6.42 Å². The smallest absolute Gasteiger partial charge is 0.320 e. The normalized spacial score (nSPS) is 26.3. The molecule has 2 heterocycles. The molecular formula is C10H21N3O2. The molecule has 0 amide bonds. The van der Waals surface area contributed by atoms with Crippen LogP contribution in [0.2, 0.25) is 0 Å². The molecule has 4 N–H and O–H groups in total. The average Bonchev–Trinajstić information content (AvgIpc) is 2.33. The van der Waals surface area contributed by atoms with Crippen molar-refractivity contribution in [2.75, 3.05) is 32.7 Å². The molecule has 0 aromatic carbocycles. The summed E-state index contributed by atoms with van der Waals surface area (Å²) in [5, 5.41) is 17.8. The first-order valence-corrected chi connectivity index (χ1v) is 5.68. The third-order valence-electron chi connectivity index (χ3n) is 2.57. The highest BCUT2D eigenvalue weighted by molar-refractivity contribution is 5.73. The molecule has 2 aliphatic rings. The van der Waals surface area contributed by atoms with Crippen LogP contribution in [-0.2, 0) is 4.79 Å². The van der Waals surface area contributed by atoms with E-state index in [0.717, 1.165) is 52.0 Å². The summed E-state index contributed by atoms with van der Waals surface area (Å²) < 4.78 is 0. The van der Waals surface area contributed by atoms with Crippen molar-refractivity contribution in [2.45, 2.75) is 25.3 Å². The van der Waals surface area contributed by atoms with Gasteiger partial charge >= 0.3 is 5.97 Å². The van der Waals surface area contributed by atoms with Crippen molar-refractivity contribution in [1.29, 1.82) is 0 Å². The number of piperidine rings is 1. The number of rotatable bonds is 1. The Morgan fingerprint density at radius 1 is 1.00 bits per heavy atom. The first-order valence-electron chi connectivity index (χ1n) is 5.68. The van der Waals surface area contributed by atoms with Gasteiger partial charge in [0.15, 0.2) is 0 Å². The van der Waals surface area contributed by atoms with Gasteiger partial charge in [0.05, 0.1) is 0 Å². The SMILES string of the molecule is C1CNCCN1.O=C(O)C1CCCCN1. The predicted molar refractivity (Wildman–Crippen MR) is 59.0 cm³/mol. The van der Waals surface area contributed by atoms with Crippen molar-refractivity contribution < 1.29 is 9.90 Å². The van der Waals surface area contributed by atoms with Crippen LogP contribution in [0.5, 0.6) is 0 Å². The lowest BCUT2D eigenvalue weighted by Gasteiger charge is -2.18. The van der Waals surface area contributed by atoms with Gasteiger partial charge in [0, 0.05) is 26.2 Å². The fourth-order valence-corrected chi connectivity index (χ4v) is 1.67. The number of hydrogen-bond donors (Lipinski definition) is 4. The van der Waals surface area contributed by atoms with Crippen LogP contribution in [-0.4, -0.2) is 49.8 Å². The van der Waals surface area contributed by atoms with E-state index in [9.17, 15) is 4.79 Å². The van der Waals surface area contributed by atoms with Gasteiger partial charge in [0.1, 0.15) is 6.04 Å². The Hall–Kier alpha value is -0.650. The third kappa shape index (κ3) is 5.71. The molecular weight excluding hydrogens is 194 g/mol. The Morgan fingerprint density at radius 3 is 1.87 bits per heavy atom. The van der Waals surface area contributed by atoms with Gasteiger partial charge in [-0.15, -0.1) is 0 Å². The zero-order valence-corrected chi connectivity index (χ0v) is 9.09. The first-order chi connectivity index (χ1) is 7.30. The summed E-state index contributed by atoms with van der Waals surface area (Å²) in [4.78, 5) is 10.3. The van der Waals surface area contributed by atoms with Gasteiger partial charge in [-0.25, -0.2) is 0 Å². The van der Waals surface area contributed by atoms with Crippen LogP contribution in [0.1, 0.15) is 19.3 Å². The molecule has 0 aromatic rings. The minimum absolute atomic E-state index is 0.279. The van der Waals surface area contributed by atoms with Crippen LogP contribution in [0.15, 0.2) is 0 Å². The van der Waals surface area contributed by atoms with Crippen LogP contribution in [0, 0.1) is 0 Å². The Balaban J connectivity index is 0.000000162. The second-order valence-corrected chi connectivity index (χ2v) is 3.84. The van der Waals surface area contributed by atoms with E-state index in [4.69, 9.17) is 5.11 Å². The molecule has 5 nitrogen and oxygen atoms in total. The fourth-order valence-electron chi connectivity index (χ4n) is 1.67. The van der Waals surface area contributed by atoms with Crippen molar-refractivity contribution in [3.05, 3.63) is 0 Å². The van der Waals surface area contributed by atoms with Crippen molar-refractivity contribution in [2.24, 2.45) is 0 Å². The van der Waals surface area contributed by atoms with E-state index in [1.54, 1.807) is 0 Å². The average molecular weight is 215 g/mol. The van der Waals surface area contributed by atoms with Gasteiger partial charge in [-0.05, 0) is 19.4 Å². The molecule has 5 heteroatoms. The monoisotopic (exact) mass is 215 g/mol. The predicted octanol–water partition coefficient (Wildman–Crippen LogP) is -0.608. The maximum atomic E-state index is 10.3. The number of carboxylic acid groups (broad SMARTS) is 1. The topological polar surface area (TPSA) is 73.4 Å². The Kier molecular flexibility index (Phi) is 6.31. The molecule has 1 unspecified atom stereocenters. The molecule has 2 rings (SSSR count). The number of piperazine rings is 1. The van der Waals surface area contributed by atoms with Crippen LogP contribution < -0.4 is 16.0 Å². The van der Waals surface area contributed by atoms with Crippen molar-refractivity contribution in [1.82, 2.24) is 16.0 Å². The minimum Gasteiger partial charge on any atom is -0.480 e. The number of nitrogens with one attached hydrogen (secondary N) is 3. The Morgan fingerprint density at radius 2 is 1.60 bits per heavy atom. The molecule has 0 aromatic heterocycles. The lowest BCUT2D eigenvalue weighted by molar-refractivity contribution is -0.140. The largest absolute Gasteiger partial charge is 0.480 e. The highest BCUT2D eigenvalue weighted by atomic mass is 16.4. The van der Waals surface area contributed by atoms with Crippen LogP contribution in [0.4, 0.5) is 0 Å². The van der Waals surface area contributed by atoms with Crippen LogP contribution in [0.3, 0.4) is 0 Å². The lowest BCUT2D eigenvalue weighted by atomic mass is 10.1. The van der Waals surface area contributed by atoms with E-state index < -0.39 is 5.97 Å². The summed E-state index contributed by atoms with van der Waals surface area (Å²) in [6.07, 6.45) is 2.95. The van der Waals surface area contributed by atoms with Crippen LogP contribution >= 0.6 is 0 Å².